The van der Waals surface area contributed by atoms with Crippen LogP contribution in [0.25, 0.3) is 0 Å². The second kappa shape index (κ2) is 11.6. The number of hydrogen-bond donors (Lipinski definition) is 1. The first-order chi connectivity index (χ1) is 17.8. The van der Waals surface area contributed by atoms with Crippen LogP contribution in [0.15, 0.2) is 36.4 Å². The number of aryl methyl sites for hydroxylation is 1. The summed E-state index contributed by atoms with van der Waals surface area (Å²) in [7, 11) is 1.69. The fraction of sp³-hybridized carbons (Fsp3) is 0.464. The molecule has 0 aromatic heterocycles. The van der Waals surface area contributed by atoms with Crippen molar-refractivity contribution >= 4 is 17.9 Å². The first-order valence-corrected chi connectivity index (χ1v) is 12.8. The highest BCUT2D eigenvalue weighted by molar-refractivity contribution is 5.96. The third-order valence-electron chi connectivity index (χ3n) is 7.03. The largest absolute Gasteiger partial charge is 0.493 e. The number of hydrogen-bond acceptors (Lipinski definition) is 6. The molecule has 1 fully saturated rings. The Labute approximate surface area is 217 Å². The van der Waals surface area contributed by atoms with Gasteiger partial charge in [-0.3, -0.25) is 19.4 Å². The summed E-state index contributed by atoms with van der Waals surface area (Å²) in [6.45, 7) is 6.80. The Morgan fingerprint density at radius 2 is 2.00 bits per heavy atom. The molecule has 2 aromatic carbocycles. The molecule has 9 nitrogen and oxygen atoms in total. The van der Waals surface area contributed by atoms with Crippen LogP contribution in [-0.4, -0.2) is 77.6 Å². The van der Waals surface area contributed by atoms with Crippen molar-refractivity contribution in [3.05, 3.63) is 58.7 Å². The maximum Gasteiger partial charge on any atom is 0.326 e. The zero-order chi connectivity index (χ0) is 26.5. The maximum atomic E-state index is 12.2. The Kier molecular flexibility index (Phi) is 8.33. The molecule has 9 heteroatoms. The van der Waals surface area contributed by atoms with Gasteiger partial charge in [-0.25, -0.2) is 4.79 Å². The monoisotopic (exact) mass is 509 g/mol. The smallest absolute Gasteiger partial charge is 0.326 e. The predicted molar refractivity (Wildman–Crippen MR) is 138 cm³/mol. The molecule has 0 aliphatic carbocycles. The van der Waals surface area contributed by atoms with E-state index in [9.17, 15) is 19.5 Å². The Balaban J connectivity index is 1.42. The van der Waals surface area contributed by atoms with Gasteiger partial charge in [0, 0.05) is 39.0 Å². The summed E-state index contributed by atoms with van der Waals surface area (Å²) in [5, 5.41) is 9.64. The highest BCUT2D eigenvalue weighted by atomic mass is 16.5. The number of benzene rings is 2. The molecule has 0 saturated carbocycles. The van der Waals surface area contributed by atoms with Crippen LogP contribution in [0.1, 0.15) is 48.1 Å². The van der Waals surface area contributed by atoms with Crippen molar-refractivity contribution in [1.82, 2.24) is 14.7 Å². The number of amides is 3. The van der Waals surface area contributed by atoms with Crippen molar-refractivity contribution in [3.8, 4) is 11.5 Å². The number of urea groups is 1. The topological polar surface area (TPSA) is 99.6 Å². The van der Waals surface area contributed by atoms with E-state index in [2.05, 4.69) is 11.0 Å². The SMILES string of the molecule is CCN(Cc1ccc(OCCN2C(=O)CCN(C)C2=O)c(C)c1)C(CC(=O)O)c1ccc2c(c1)CCO2. The van der Waals surface area contributed by atoms with Gasteiger partial charge in [-0.15, -0.1) is 0 Å². The van der Waals surface area contributed by atoms with Crippen LogP contribution < -0.4 is 9.47 Å². The van der Waals surface area contributed by atoms with Crippen molar-refractivity contribution in [1.29, 1.82) is 0 Å². The fourth-order valence-electron chi connectivity index (χ4n) is 4.96. The van der Waals surface area contributed by atoms with Gasteiger partial charge in [0.15, 0.2) is 0 Å². The van der Waals surface area contributed by atoms with Crippen LogP contribution in [0.4, 0.5) is 4.79 Å². The Morgan fingerprint density at radius 3 is 2.73 bits per heavy atom. The molecule has 0 bridgehead atoms. The van der Waals surface area contributed by atoms with Crippen molar-refractivity contribution in [3.63, 3.8) is 0 Å². The van der Waals surface area contributed by atoms with Gasteiger partial charge in [-0.2, -0.15) is 0 Å². The van der Waals surface area contributed by atoms with E-state index >= 15 is 0 Å². The number of aliphatic carboxylic acids is 1. The number of carbonyl (C=O) groups excluding carboxylic acids is 2. The highest BCUT2D eigenvalue weighted by Gasteiger charge is 2.29. The Bertz CT molecular complexity index is 1170. The summed E-state index contributed by atoms with van der Waals surface area (Å²) in [6.07, 6.45) is 1.18. The number of carbonyl (C=O) groups is 3. The van der Waals surface area contributed by atoms with Crippen LogP contribution in [0.2, 0.25) is 0 Å². The van der Waals surface area contributed by atoms with E-state index in [-0.39, 0.29) is 37.6 Å². The molecule has 1 atom stereocenters. The van der Waals surface area contributed by atoms with E-state index in [1.165, 1.54) is 9.80 Å². The lowest BCUT2D eigenvalue weighted by Gasteiger charge is -2.31. The zero-order valence-corrected chi connectivity index (χ0v) is 21.7. The number of carboxylic acid groups (broad SMARTS) is 1. The summed E-state index contributed by atoms with van der Waals surface area (Å²) in [6, 6.07) is 11.3. The van der Waals surface area contributed by atoms with E-state index in [1.807, 2.05) is 44.2 Å². The van der Waals surface area contributed by atoms with Gasteiger partial charge in [0.1, 0.15) is 18.1 Å². The molecule has 1 saturated heterocycles. The highest BCUT2D eigenvalue weighted by Crippen LogP contribution is 2.33. The molecule has 2 aliphatic rings. The van der Waals surface area contributed by atoms with E-state index < -0.39 is 5.97 Å². The number of ether oxygens (including phenoxy) is 2. The molecule has 37 heavy (non-hydrogen) atoms. The zero-order valence-electron chi connectivity index (χ0n) is 21.7. The minimum absolute atomic E-state index is 0.0107. The van der Waals surface area contributed by atoms with Crippen molar-refractivity contribution in [2.24, 2.45) is 0 Å². The molecule has 4 rings (SSSR count). The minimum atomic E-state index is -0.836. The van der Waals surface area contributed by atoms with Crippen LogP contribution in [0.3, 0.4) is 0 Å². The van der Waals surface area contributed by atoms with Crippen LogP contribution in [-0.2, 0) is 22.6 Å². The molecule has 2 heterocycles. The normalized spacial score (nSPS) is 16.1. The van der Waals surface area contributed by atoms with Gasteiger partial charge in [0.25, 0.3) is 0 Å². The molecule has 198 valence electrons. The van der Waals surface area contributed by atoms with Crippen LogP contribution >= 0.6 is 0 Å². The van der Waals surface area contributed by atoms with E-state index in [4.69, 9.17) is 9.47 Å². The number of nitrogens with zero attached hydrogens (tertiary/aromatic N) is 3. The molecule has 0 spiro atoms. The van der Waals surface area contributed by atoms with Crippen LogP contribution in [0.5, 0.6) is 11.5 Å². The summed E-state index contributed by atoms with van der Waals surface area (Å²) in [4.78, 5) is 41.0. The van der Waals surface area contributed by atoms with E-state index in [1.54, 1.807) is 7.05 Å². The first-order valence-electron chi connectivity index (χ1n) is 12.8. The lowest BCUT2D eigenvalue weighted by atomic mass is 9.98. The molecule has 3 amide bonds. The molecular formula is C28H35N3O6. The summed E-state index contributed by atoms with van der Waals surface area (Å²) >= 11 is 0. The van der Waals surface area contributed by atoms with Crippen molar-refractivity contribution in [2.75, 3.05) is 39.9 Å². The van der Waals surface area contributed by atoms with Crippen LogP contribution in [0, 0.1) is 6.92 Å². The minimum Gasteiger partial charge on any atom is -0.493 e. The van der Waals surface area contributed by atoms with Gasteiger partial charge >= 0.3 is 12.0 Å². The molecule has 1 N–H and O–H groups in total. The Hall–Kier alpha value is -3.59. The van der Waals surface area contributed by atoms with E-state index in [0.717, 1.165) is 34.4 Å². The second-order valence-corrected chi connectivity index (χ2v) is 9.59. The van der Waals surface area contributed by atoms with Gasteiger partial charge in [0.2, 0.25) is 5.91 Å². The lowest BCUT2D eigenvalue weighted by Crippen LogP contribution is -2.51. The molecule has 0 radical (unpaired) electrons. The second-order valence-electron chi connectivity index (χ2n) is 9.59. The number of fused-ring (bicyclic) bond motifs is 1. The Morgan fingerprint density at radius 1 is 1.19 bits per heavy atom. The van der Waals surface area contributed by atoms with E-state index in [0.29, 0.717) is 38.4 Å². The van der Waals surface area contributed by atoms with Gasteiger partial charge in [0.05, 0.1) is 19.6 Å². The summed E-state index contributed by atoms with van der Waals surface area (Å²) in [5.74, 6) is 0.563. The lowest BCUT2D eigenvalue weighted by molar-refractivity contribution is -0.138. The summed E-state index contributed by atoms with van der Waals surface area (Å²) in [5.41, 5.74) is 4.10. The third kappa shape index (κ3) is 6.22. The number of carboxylic acids is 1. The molecule has 1 unspecified atom stereocenters. The first kappa shape index (κ1) is 26.5. The van der Waals surface area contributed by atoms with Gasteiger partial charge in [-0.1, -0.05) is 31.2 Å². The van der Waals surface area contributed by atoms with Crippen molar-refractivity contribution < 1.29 is 29.0 Å². The fourth-order valence-corrected chi connectivity index (χ4v) is 4.96. The van der Waals surface area contributed by atoms with Gasteiger partial charge < -0.3 is 19.5 Å². The molecular weight excluding hydrogens is 474 g/mol. The predicted octanol–water partition coefficient (Wildman–Crippen LogP) is 3.63. The number of rotatable bonds is 11. The number of imide groups is 1. The molecule has 2 aliphatic heterocycles. The maximum absolute atomic E-state index is 12.2. The van der Waals surface area contributed by atoms with Gasteiger partial charge in [-0.05, 0) is 47.9 Å². The average Bonchev–Trinajstić information content (AvgIpc) is 3.34. The summed E-state index contributed by atoms with van der Waals surface area (Å²) < 4.78 is 11.5. The van der Waals surface area contributed by atoms with Crippen molar-refractivity contribution in [2.45, 2.75) is 45.7 Å². The third-order valence-corrected chi connectivity index (χ3v) is 7.03. The standard InChI is InChI=1S/C28H35N3O6/c1-4-30(23(17-27(33)34)21-6-8-25-22(16-21)10-13-36-25)18-20-5-7-24(19(2)15-20)37-14-12-31-26(32)9-11-29(3)28(31)35/h5-8,15-16,23H,4,9-14,17-18H2,1-3H3,(H,33,34). The average molecular weight is 510 g/mol. The quantitative estimate of drug-likeness (QED) is 0.494. The molecule has 2 aromatic rings.